The predicted octanol–water partition coefficient (Wildman–Crippen LogP) is 1.91. The summed E-state index contributed by atoms with van der Waals surface area (Å²) in [5, 5.41) is 11.3. The van der Waals surface area contributed by atoms with Crippen LogP contribution in [-0.2, 0) is 4.79 Å². The summed E-state index contributed by atoms with van der Waals surface area (Å²) in [6.07, 6.45) is 3.54. The number of amides is 1. The molecule has 1 aromatic heterocycles. The number of aromatic nitrogens is 1. The summed E-state index contributed by atoms with van der Waals surface area (Å²) in [6.45, 7) is 2.00. The van der Waals surface area contributed by atoms with Crippen molar-refractivity contribution in [3.05, 3.63) is 23.9 Å². The fourth-order valence-electron chi connectivity index (χ4n) is 1.17. The first-order valence-electron chi connectivity index (χ1n) is 5.12. The van der Waals surface area contributed by atoms with Gasteiger partial charge in [-0.25, -0.2) is 9.78 Å². The molecule has 1 rings (SSSR count). The molecule has 0 aliphatic heterocycles. The van der Waals surface area contributed by atoms with E-state index in [0.29, 0.717) is 6.42 Å². The highest BCUT2D eigenvalue weighted by molar-refractivity contribution is 5.92. The molecule has 16 heavy (non-hydrogen) atoms. The Morgan fingerprint density at radius 2 is 2.25 bits per heavy atom. The van der Waals surface area contributed by atoms with Crippen LogP contribution in [0.4, 0.5) is 5.82 Å². The zero-order valence-corrected chi connectivity index (χ0v) is 9.06. The standard InChI is InChI=1S/C11H14N2O3/c1-2-3-4-10(14)13-9-7-8(11(15)16)5-6-12-9/h5-7H,2-4H2,1H3,(H,15,16)(H,12,13,14). The molecule has 5 heteroatoms. The number of carboxylic acid groups (broad SMARTS) is 1. The van der Waals surface area contributed by atoms with Crippen molar-refractivity contribution in [2.45, 2.75) is 26.2 Å². The first-order chi connectivity index (χ1) is 7.63. The van der Waals surface area contributed by atoms with Gasteiger partial charge in [0.25, 0.3) is 0 Å². The molecule has 0 radical (unpaired) electrons. The molecule has 1 amide bonds. The van der Waals surface area contributed by atoms with Crippen LogP contribution in [0.1, 0.15) is 36.5 Å². The molecule has 86 valence electrons. The van der Waals surface area contributed by atoms with Crippen molar-refractivity contribution in [3.8, 4) is 0 Å². The van der Waals surface area contributed by atoms with E-state index in [4.69, 9.17) is 5.11 Å². The van der Waals surface area contributed by atoms with Gasteiger partial charge >= 0.3 is 5.97 Å². The maximum atomic E-state index is 11.4. The van der Waals surface area contributed by atoms with Crippen molar-refractivity contribution in [1.82, 2.24) is 4.98 Å². The average Bonchev–Trinajstić information content (AvgIpc) is 2.26. The minimum atomic E-state index is -1.04. The highest BCUT2D eigenvalue weighted by atomic mass is 16.4. The highest BCUT2D eigenvalue weighted by Crippen LogP contribution is 2.07. The third-order valence-electron chi connectivity index (χ3n) is 2.03. The van der Waals surface area contributed by atoms with Crippen LogP contribution in [0.2, 0.25) is 0 Å². The maximum Gasteiger partial charge on any atom is 0.335 e. The molecule has 0 fully saturated rings. The van der Waals surface area contributed by atoms with Gasteiger partial charge in [0.15, 0.2) is 0 Å². The van der Waals surface area contributed by atoms with Crippen LogP contribution >= 0.6 is 0 Å². The van der Waals surface area contributed by atoms with Crippen molar-refractivity contribution in [2.75, 3.05) is 5.32 Å². The Hall–Kier alpha value is -1.91. The molecular weight excluding hydrogens is 208 g/mol. The maximum absolute atomic E-state index is 11.4. The largest absolute Gasteiger partial charge is 0.478 e. The van der Waals surface area contributed by atoms with Crippen LogP contribution in [0.5, 0.6) is 0 Å². The van der Waals surface area contributed by atoms with E-state index >= 15 is 0 Å². The molecule has 0 saturated carbocycles. The van der Waals surface area contributed by atoms with E-state index in [2.05, 4.69) is 10.3 Å². The molecular formula is C11H14N2O3. The topological polar surface area (TPSA) is 79.3 Å². The Bertz CT molecular complexity index is 391. The molecule has 0 aromatic carbocycles. The number of nitrogens with one attached hydrogen (secondary N) is 1. The average molecular weight is 222 g/mol. The number of carboxylic acids is 1. The fraction of sp³-hybridized carbons (Fsp3) is 0.364. The van der Waals surface area contributed by atoms with Gasteiger partial charge in [0.2, 0.25) is 5.91 Å². The molecule has 0 aliphatic carbocycles. The SMILES string of the molecule is CCCCC(=O)Nc1cc(C(=O)O)ccn1. The number of aromatic carboxylic acids is 1. The summed E-state index contributed by atoms with van der Waals surface area (Å²) < 4.78 is 0. The quantitative estimate of drug-likeness (QED) is 0.797. The summed E-state index contributed by atoms with van der Waals surface area (Å²) in [5.41, 5.74) is 0.112. The van der Waals surface area contributed by atoms with Gasteiger partial charge in [0, 0.05) is 12.6 Å². The summed E-state index contributed by atoms with van der Waals surface area (Å²) in [6, 6.07) is 2.72. The highest BCUT2D eigenvalue weighted by Gasteiger charge is 2.06. The number of hydrogen-bond acceptors (Lipinski definition) is 3. The van der Waals surface area contributed by atoms with Crippen LogP contribution in [0.15, 0.2) is 18.3 Å². The van der Waals surface area contributed by atoms with Gasteiger partial charge in [-0.2, -0.15) is 0 Å². The third kappa shape index (κ3) is 3.68. The normalized spacial score (nSPS) is 9.81. The van der Waals surface area contributed by atoms with Crippen molar-refractivity contribution in [2.24, 2.45) is 0 Å². The fourth-order valence-corrected chi connectivity index (χ4v) is 1.17. The van der Waals surface area contributed by atoms with E-state index in [9.17, 15) is 9.59 Å². The van der Waals surface area contributed by atoms with Crippen LogP contribution in [0.3, 0.4) is 0 Å². The third-order valence-corrected chi connectivity index (χ3v) is 2.03. The molecule has 0 atom stereocenters. The summed E-state index contributed by atoms with van der Waals surface area (Å²) in [5.74, 6) is -0.899. The van der Waals surface area contributed by atoms with Gasteiger partial charge in [-0.3, -0.25) is 4.79 Å². The summed E-state index contributed by atoms with van der Waals surface area (Å²) in [4.78, 5) is 25.9. The number of rotatable bonds is 5. The second-order valence-corrected chi connectivity index (χ2v) is 3.39. The van der Waals surface area contributed by atoms with Crippen molar-refractivity contribution in [1.29, 1.82) is 0 Å². The van der Waals surface area contributed by atoms with E-state index in [1.807, 2.05) is 6.92 Å². The lowest BCUT2D eigenvalue weighted by atomic mass is 10.2. The van der Waals surface area contributed by atoms with Gasteiger partial charge in [-0.1, -0.05) is 13.3 Å². The van der Waals surface area contributed by atoms with Crippen LogP contribution in [0, 0.1) is 0 Å². The number of nitrogens with zero attached hydrogens (tertiary/aromatic N) is 1. The minimum Gasteiger partial charge on any atom is -0.478 e. The van der Waals surface area contributed by atoms with E-state index in [1.54, 1.807) is 0 Å². The van der Waals surface area contributed by atoms with E-state index in [1.165, 1.54) is 18.3 Å². The predicted molar refractivity (Wildman–Crippen MR) is 59.4 cm³/mol. The number of unbranched alkanes of at least 4 members (excludes halogenated alkanes) is 1. The summed E-state index contributed by atoms with van der Waals surface area (Å²) >= 11 is 0. The summed E-state index contributed by atoms with van der Waals surface area (Å²) in [7, 11) is 0. The van der Waals surface area contributed by atoms with Crippen molar-refractivity contribution in [3.63, 3.8) is 0 Å². The van der Waals surface area contributed by atoms with Crippen LogP contribution in [-0.4, -0.2) is 22.0 Å². The first kappa shape index (κ1) is 12.2. The van der Waals surface area contributed by atoms with Gasteiger partial charge in [-0.05, 0) is 18.6 Å². The lowest BCUT2D eigenvalue weighted by Gasteiger charge is -2.04. The first-order valence-corrected chi connectivity index (χ1v) is 5.12. The lowest BCUT2D eigenvalue weighted by molar-refractivity contribution is -0.116. The van der Waals surface area contributed by atoms with Crippen LogP contribution < -0.4 is 5.32 Å². The molecule has 1 heterocycles. The van der Waals surface area contributed by atoms with Crippen molar-refractivity contribution < 1.29 is 14.7 Å². The van der Waals surface area contributed by atoms with E-state index in [-0.39, 0.29) is 17.3 Å². The van der Waals surface area contributed by atoms with Gasteiger partial charge < -0.3 is 10.4 Å². The second-order valence-electron chi connectivity index (χ2n) is 3.39. The van der Waals surface area contributed by atoms with Gasteiger partial charge in [-0.15, -0.1) is 0 Å². The molecule has 0 bridgehead atoms. The van der Waals surface area contributed by atoms with E-state index < -0.39 is 5.97 Å². The molecule has 0 aliphatic rings. The Kier molecular flexibility index (Phi) is 4.44. The number of anilines is 1. The Morgan fingerprint density at radius 1 is 1.50 bits per heavy atom. The molecule has 0 spiro atoms. The smallest absolute Gasteiger partial charge is 0.335 e. The van der Waals surface area contributed by atoms with Crippen LogP contribution in [0.25, 0.3) is 0 Å². The Morgan fingerprint density at radius 3 is 2.88 bits per heavy atom. The second kappa shape index (κ2) is 5.85. The number of carbonyl (C=O) groups excluding carboxylic acids is 1. The molecule has 0 unspecified atom stereocenters. The number of hydrogen-bond donors (Lipinski definition) is 2. The zero-order valence-electron chi connectivity index (χ0n) is 9.06. The monoisotopic (exact) mass is 222 g/mol. The number of pyridine rings is 1. The number of carbonyl (C=O) groups is 2. The Labute approximate surface area is 93.5 Å². The minimum absolute atomic E-state index is 0.112. The van der Waals surface area contributed by atoms with Crippen molar-refractivity contribution >= 4 is 17.7 Å². The van der Waals surface area contributed by atoms with E-state index in [0.717, 1.165) is 12.8 Å². The molecule has 5 nitrogen and oxygen atoms in total. The Balaban J connectivity index is 2.63. The van der Waals surface area contributed by atoms with Gasteiger partial charge in [0.05, 0.1) is 5.56 Å². The van der Waals surface area contributed by atoms with Gasteiger partial charge in [0.1, 0.15) is 5.82 Å². The lowest BCUT2D eigenvalue weighted by Crippen LogP contribution is -2.12. The molecule has 1 aromatic rings. The zero-order chi connectivity index (χ0) is 12.0. The molecule has 2 N–H and O–H groups in total. The molecule has 0 saturated heterocycles.